The van der Waals surface area contributed by atoms with Crippen LogP contribution in [0.1, 0.15) is 65.8 Å². The lowest BCUT2D eigenvalue weighted by atomic mass is 10.1. The molecule has 1 aliphatic heterocycles. The minimum Gasteiger partial charge on any atom is -0.493 e. The van der Waals surface area contributed by atoms with Crippen LogP contribution in [0.3, 0.4) is 0 Å². The van der Waals surface area contributed by atoms with Gasteiger partial charge in [-0.2, -0.15) is 0 Å². The maximum absolute atomic E-state index is 12.7. The molecule has 0 bridgehead atoms. The van der Waals surface area contributed by atoms with Gasteiger partial charge in [0.05, 0.1) is 13.7 Å². The molecule has 0 aliphatic carbocycles. The van der Waals surface area contributed by atoms with Crippen LogP contribution in [0.15, 0.2) is 42.5 Å². The zero-order chi connectivity index (χ0) is 22.9. The van der Waals surface area contributed by atoms with E-state index in [1.807, 2.05) is 29.2 Å². The third kappa shape index (κ3) is 6.49. The molecule has 0 radical (unpaired) electrons. The van der Waals surface area contributed by atoms with E-state index < -0.39 is 0 Å². The molecule has 32 heavy (non-hydrogen) atoms. The van der Waals surface area contributed by atoms with E-state index in [-0.39, 0.29) is 11.8 Å². The Hall–Kier alpha value is -3.02. The Labute approximate surface area is 190 Å². The highest BCUT2D eigenvalue weighted by molar-refractivity contribution is 5.95. The number of nitrogens with zero attached hydrogens (tertiary/aromatic N) is 1. The molecule has 1 fully saturated rings. The number of likely N-dealkylation sites (tertiary alicyclic amines) is 1. The van der Waals surface area contributed by atoms with Gasteiger partial charge in [-0.3, -0.25) is 9.59 Å². The fourth-order valence-electron chi connectivity index (χ4n) is 3.71. The van der Waals surface area contributed by atoms with Gasteiger partial charge in [-0.15, -0.1) is 0 Å². The molecule has 2 amide bonds. The van der Waals surface area contributed by atoms with Gasteiger partial charge >= 0.3 is 0 Å². The summed E-state index contributed by atoms with van der Waals surface area (Å²) < 4.78 is 11.2. The molecule has 0 saturated carbocycles. The summed E-state index contributed by atoms with van der Waals surface area (Å²) in [7, 11) is 1.57. The molecule has 6 heteroatoms. The van der Waals surface area contributed by atoms with E-state index >= 15 is 0 Å². The van der Waals surface area contributed by atoms with Gasteiger partial charge in [-0.25, -0.2) is 0 Å². The number of hydrogen-bond donors (Lipinski definition) is 1. The normalized spacial score (nSPS) is 13.7. The fourth-order valence-corrected chi connectivity index (χ4v) is 3.71. The summed E-state index contributed by atoms with van der Waals surface area (Å²) in [5.41, 5.74) is 2.06. The quantitative estimate of drug-likeness (QED) is 0.617. The number of ether oxygens (including phenoxy) is 2. The highest BCUT2D eigenvalue weighted by Crippen LogP contribution is 2.28. The molecule has 172 valence electrons. The summed E-state index contributed by atoms with van der Waals surface area (Å²) in [5.74, 6) is 1.59. The Morgan fingerprint density at radius 1 is 1.00 bits per heavy atom. The predicted octanol–water partition coefficient (Wildman–Crippen LogP) is 4.68. The molecular formula is C26H34N2O4. The molecule has 0 unspecified atom stereocenters. The van der Waals surface area contributed by atoms with E-state index in [2.05, 4.69) is 19.2 Å². The maximum atomic E-state index is 12.7. The Kier molecular flexibility index (Phi) is 8.54. The minimum absolute atomic E-state index is 0.0654. The summed E-state index contributed by atoms with van der Waals surface area (Å²) in [6.07, 6.45) is 4.26. The van der Waals surface area contributed by atoms with Crippen LogP contribution in [0.25, 0.3) is 0 Å². The van der Waals surface area contributed by atoms with Crippen LogP contribution in [0.5, 0.6) is 11.5 Å². The molecule has 3 rings (SSSR count). The van der Waals surface area contributed by atoms with Gasteiger partial charge in [0.15, 0.2) is 11.5 Å². The zero-order valence-electron chi connectivity index (χ0n) is 19.4. The van der Waals surface area contributed by atoms with Crippen molar-refractivity contribution in [1.82, 2.24) is 10.2 Å². The van der Waals surface area contributed by atoms with Crippen LogP contribution in [0.4, 0.5) is 0 Å². The largest absolute Gasteiger partial charge is 0.493 e. The second-order valence-corrected chi connectivity index (χ2v) is 8.63. The van der Waals surface area contributed by atoms with Crippen molar-refractivity contribution in [2.24, 2.45) is 5.92 Å². The van der Waals surface area contributed by atoms with Crippen LogP contribution < -0.4 is 14.8 Å². The first-order valence-electron chi connectivity index (χ1n) is 11.4. The highest BCUT2D eigenvalue weighted by Gasteiger charge is 2.18. The minimum atomic E-state index is -0.204. The van der Waals surface area contributed by atoms with Crippen molar-refractivity contribution in [3.63, 3.8) is 0 Å². The lowest BCUT2D eigenvalue weighted by Crippen LogP contribution is -2.35. The Morgan fingerprint density at radius 3 is 2.50 bits per heavy atom. The summed E-state index contributed by atoms with van der Waals surface area (Å²) in [5, 5.41) is 2.93. The predicted molar refractivity (Wildman–Crippen MR) is 125 cm³/mol. The molecule has 0 aromatic heterocycles. The van der Waals surface area contributed by atoms with Crippen LogP contribution in [0, 0.1) is 5.92 Å². The number of rotatable bonds is 9. The second-order valence-electron chi connectivity index (χ2n) is 8.63. The zero-order valence-corrected chi connectivity index (χ0v) is 19.4. The van der Waals surface area contributed by atoms with Gasteiger partial charge in [0.2, 0.25) is 0 Å². The van der Waals surface area contributed by atoms with E-state index in [0.717, 1.165) is 37.9 Å². The molecule has 1 heterocycles. The van der Waals surface area contributed by atoms with Gasteiger partial charge in [-0.05, 0) is 67.5 Å². The number of nitrogens with one attached hydrogen (secondary N) is 1. The van der Waals surface area contributed by atoms with E-state index in [1.54, 1.807) is 25.3 Å². The van der Waals surface area contributed by atoms with Crippen molar-refractivity contribution in [3.8, 4) is 11.5 Å². The highest BCUT2D eigenvalue weighted by atomic mass is 16.5. The monoisotopic (exact) mass is 438 g/mol. The van der Waals surface area contributed by atoms with Gasteiger partial charge in [0, 0.05) is 30.8 Å². The van der Waals surface area contributed by atoms with Crippen LogP contribution >= 0.6 is 0 Å². The van der Waals surface area contributed by atoms with Crippen molar-refractivity contribution >= 4 is 11.8 Å². The van der Waals surface area contributed by atoms with Crippen molar-refractivity contribution < 1.29 is 19.1 Å². The van der Waals surface area contributed by atoms with E-state index in [4.69, 9.17) is 9.47 Å². The summed E-state index contributed by atoms with van der Waals surface area (Å²) in [4.78, 5) is 27.3. The Balaban J connectivity index is 1.59. The van der Waals surface area contributed by atoms with Gasteiger partial charge < -0.3 is 19.7 Å². The fraction of sp³-hybridized carbons (Fsp3) is 0.462. The first kappa shape index (κ1) is 23.6. The first-order chi connectivity index (χ1) is 15.5. The number of carbonyl (C=O) groups is 2. The van der Waals surface area contributed by atoms with Crippen molar-refractivity contribution in [3.05, 3.63) is 59.2 Å². The van der Waals surface area contributed by atoms with Crippen molar-refractivity contribution in [2.75, 3.05) is 26.8 Å². The van der Waals surface area contributed by atoms with Crippen LogP contribution in [-0.2, 0) is 6.54 Å². The molecule has 0 spiro atoms. The van der Waals surface area contributed by atoms with Crippen molar-refractivity contribution in [1.29, 1.82) is 0 Å². The molecule has 1 aliphatic rings. The molecular weight excluding hydrogens is 404 g/mol. The van der Waals surface area contributed by atoms with Crippen LogP contribution in [-0.4, -0.2) is 43.5 Å². The lowest BCUT2D eigenvalue weighted by molar-refractivity contribution is 0.0724. The van der Waals surface area contributed by atoms with E-state index in [1.165, 1.54) is 6.42 Å². The molecule has 6 nitrogen and oxygen atoms in total. The molecule has 2 aromatic carbocycles. The van der Waals surface area contributed by atoms with E-state index in [9.17, 15) is 9.59 Å². The molecule has 1 N–H and O–H groups in total. The average molecular weight is 439 g/mol. The van der Waals surface area contributed by atoms with Crippen molar-refractivity contribution in [2.45, 2.75) is 46.1 Å². The Morgan fingerprint density at radius 2 is 1.78 bits per heavy atom. The Bertz CT molecular complexity index is 920. The smallest absolute Gasteiger partial charge is 0.253 e. The SMILES string of the molecule is COc1cc(C(=O)NCc2cccc(C(=O)N3CCCCC3)c2)ccc1OCCC(C)C. The number of methoxy groups -OCH3 is 1. The van der Waals surface area contributed by atoms with Gasteiger partial charge in [0.1, 0.15) is 0 Å². The number of amides is 2. The summed E-state index contributed by atoms with van der Waals surface area (Å²) >= 11 is 0. The standard InChI is InChI=1S/C26H34N2O4/c1-19(2)12-15-32-23-11-10-21(17-24(23)31-3)25(29)27-18-20-8-7-9-22(16-20)26(30)28-13-5-4-6-14-28/h7-11,16-17,19H,4-6,12-15,18H2,1-3H3,(H,27,29). The third-order valence-electron chi connectivity index (χ3n) is 5.65. The number of benzene rings is 2. The summed E-state index contributed by atoms with van der Waals surface area (Å²) in [6, 6.07) is 12.7. The van der Waals surface area contributed by atoms with Gasteiger partial charge in [-0.1, -0.05) is 26.0 Å². The average Bonchev–Trinajstić information content (AvgIpc) is 2.82. The molecule has 2 aromatic rings. The second kappa shape index (κ2) is 11.6. The molecule has 1 saturated heterocycles. The van der Waals surface area contributed by atoms with E-state index in [0.29, 0.717) is 41.7 Å². The number of hydrogen-bond acceptors (Lipinski definition) is 4. The van der Waals surface area contributed by atoms with Crippen LogP contribution in [0.2, 0.25) is 0 Å². The topological polar surface area (TPSA) is 67.9 Å². The third-order valence-corrected chi connectivity index (χ3v) is 5.65. The lowest BCUT2D eigenvalue weighted by Gasteiger charge is -2.26. The maximum Gasteiger partial charge on any atom is 0.253 e. The molecule has 0 atom stereocenters. The summed E-state index contributed by atoms with van der Waals surface area (Å²) in [6.45, 7) is 6.87. The number of carbonyl (C=O) groups excluding carboxylic acids is 2. The number of piperidine rings is 1. The first-order valence-corrected chi connectivity index (χ1v) is 11.4. The van der Waals surface area contributed by atoms with Gasteiger partial charge in [0.25, 0.3) is 11.8 Å².